The number of para-hydroxylation sites is 2. The molecule has 104 valence electrons. The lowest BCUT2D eigenvalue weighted by Gasteiger charge is -2.05. The molecule has 0 saturated heterocycles. The van der Waals surface area contributed by atoms with E-state index in [0.29, 0.717) is 0 Å². The SMILES string of the molecule is COc1ccc(CCn2cnc3ccccc32)cc1.Cl. The monoisotopic (exact) mass is 288 g/mol. The van der Waals surface area contributed by atoms with Gasteiger partial charge in [0.2, 0.25) is 0 Å². The van der Waals surface area contributed by atoms with Crippen LogP contribution in [0.3, 0.4) is 0 Å². The van der Waals surface area contributed by atoms with Gasteiger partial charge < -0.3 is 9.30 Å². The van der Waals surface area contributed by atoms with Gasteiger partial charge in [0.25, 0.3) is 0 Å². The van der Waals surface area contributed by atoms with Crippen LogP contribution in [0, 0.1) is 0 Å². The molecule has 4 heteroatoms. The fraction of sp³-hybridized carbons (Fsp3) is 0.188. The van der Waals surface area contributed by atoms with Crippen LogP contribution in [0.4, 0.5) is 0 Å². The molecule has 1 heterocycles. The number of rotatable bonds is 4. The summed E-state index contributed by atoms with van der Waals surface area (Å²) in [6.45, 7) is 0.937. The first-order valence-electron chi connectivity index (χ1n) is 6.39. The van der Waals surface area contributed by atoms with Crippen molar-refractivity contribution in [1.29, 1.82) is 0 Å². The van der Waals surface area contributed by atoms with E-state index in [1.165, 1.54) is 11.1 Å². The number of fused-ring (bicyclic) bond motifs is 1. The summed E-state index contributed by atoms with van der Waals surface area (Å²) in [6.07, 6.45) is 2.90. The second kappa shape index (κ2) is 6.44. The van der Waals surface area contributed by atoms with E-state index in [1.54, 1.807) is 7.11 Å². The molecule has 0 aliphatic carbocycles. The van der Waals surface area contributed by atoms with Gasteiger partial charge in [-0.3, -0.25) is 0 Å². The summed E-state index contributed by atoms with van der Waals surface area (Å²) >= 11 is 0. The van der Waals surface area contributed by atoms with E-state index < -0.39 is 0 Å². The van der Waals surface area contributed by atoms with E-state index in [-0.39, 0.29) is 12.4 Å². The molecular formula is C16H17ClN2O. The molecule has 0 aliphatic heterocycles. The highest BCUT2D eigenvalue weighted by Crippen LogP contribution is 2.15. The van der Waals surface area contributed by atoms with Gasteiger partial charge in [-0.25, -0.2) is 4.98 Å². The number of halogens is 1. The summed E-state index contributed by atoms with van der Waals surface area (Å²) in [5.74, 6) is 0.900. The van der Waals surface area contributed by atoms with Crippen molar-refractivity contribution < 1.29 is 4.74 Å². The first-order chi connectivity index (χ1) is 9.36. The van der Waals surface area contributed by atoms with Crippen molar-refractivity contribution in [1.82, 2.24) is 9.55 Å². The standard InChI is InChI=1S/C16H16N2O.ClH/c1-19-14-8-6-13(7-9-14)10-11-18-12-17-15-4-2-3-5-16(15)18;/h2-9,12H,10-11H2,1H3;1H. The zero-order chi connectivity index (χ0) is 13.1. The van der Waals surface area contributed by atoms with Crippen LogP contribution in [0.5, 0.6) is 5.75 Å². The average Bonchev–Trinajstić information content (AvgIpc) is 2.89. The van der Waals surface area contributed by atoms with Gasteiger partial charge in [-0.2, -0.15) is 0 Å². The maximum Gasteiger partial charge on any atom is 0.118 e. The summed E-state index contributed by atoms with van der Waals surface area (Å²) in [4.78, 5) is 4.40. The Morgan fingerprint density at radius 1 is 1.05 bits per heavy atom. The van der Waals surface area contributed by atoms with Gasteiger partial charge in [-0.1, -0.05) is 24.3 Å². The van der Waals surface area contributed by atoms with Gasteiger partial charge in [0.1, 0.15) is 5.75 Å². The Labute approximate surface area is 124 Å². The van der Waals surface area contributed by atoms with Gasteiger partial charge in [0.15, 0.2) is 0 Å². The third-order valence-electron chi connectivity index (χ3n) is 3.33. The number of benzene rings is 2. The lowest BCUT2D eigenvalue weighted by atomic mass is 10.1. The quantitative estimate of drug-likeness (QED) is 0.732. The Balaban J connectivity index is 0.00000147. The Morgan fingerprint density at radius 2 is 1.80 bits per heavy atom. The molecule has 0 bridgehead atoms. The van der Waals surface area contributed by atoms with Gasteiger partial charge in [-0.05, 0) is 36.2 Å². The minimum absolute atomic E-state index is 0. The van der Waals surface area contributed by atoms with Gasteiger partial charge in [0.05, 0.1) is 24.5 Å². The number of aryl methyl sites for hydroxylation is 2. The molecular weight excluding hydrogens is 272 g/mol. The summed E-state index contributed by atoms with van der Waals surface area (Å²) in [5, 5.41) is 0. The molecule has 1 aromatic heterocycles. The first kappa shape index (κ1) is 14.4. The van der Waals surface area contributed by atoms with E-state index >= 15 is 0 Å². The van der Waals surface area contributed by atoms with Crippen molar-refractivity contribution in [3.8, 4) is 5.75 Å². The second-order valence-corrected chi connectivity index (χ2v) is 4.52. The van der Waals surface area contributed by atoms with Crippen LogP contribution < -0.4 is 4.74 Å². The third-order valence-corrected chi connectivity index (χ3v) is 3.33. The zero-order valence-electron chi connectivity index (χ0n) is 11.3. The molecule has 0 N–H and O–H groups in total. The van der Waals surface area contributed by atoms with Crippen LogP contribution in [0.1, 0.15) is 5.56 Å². The smallest absolute Gasteiger partial charge is 0.118 e. The van der Waals surface area contributed by atoms with E-state index in [9.17, 15) is 0 Å². The molecule has 0 amide bonds. The lowest BCUT2D eigenvalue weighted by Crippen LogP contribution is -1.99. The van der Waals surface area contributed by atoms with Gasteiger partial charge in [-0.15, -0.1) is 12.4 Å². The maximum atomic E-state index is 5.16. The van der Waals surface area contributed by atoms with Crippen molar-refractivity contribution in [3.05, 3.63) is 60.4 Å². The van der Waals surface area contributed by atoms with Gasteiger partial charge in [0, 0.05) is 6.54 Å². The van der Waals surface area contributed by atoms with Crippen LogP contribution in [0.2, 0.25) is 0 Å². The minimum Gasteiger partial charge on any atom is -0.497 e. The number of hydrogen-bond acceptors (Lipinski definition) is 2. The largest absolute Gasteiger partial charge is 0.497 e. The topological polar surface area (TPSA) is 27.1 Å². The summed E-state index contributed by atoms with van der Waals surface area (Å²) in [6, 6.07) is 16.4. The van der Waals surface area contributed by atoms with Crippen LogP contribution in [0.15, 0.2) is 54.9 Å². The summed E-state index contributed by atoms with van der Waals surface area (Å²) < 4.78 is 7.36. The van der Waals surface area contributed by atoms with E-state index in [1.807, 2.05) is 36.7 Å². The average molecular weight is 289 g/mol. The van der Waals surface area contributed by atoms with Gasteiger partial charge >= 0.3 is 0 Å². The molecule has 0 fully saturated rings. The second-order valence-electron chi connectivity index (χ2n) is 4.52. The Hall–Kier alpha value is -2.00. The van der Waals surface area contributed by atoms with Crippen LogP contribution in [-0.2, 0) is 13.0 Å². The Kier molecular flexibility index (Phi) is 4.64. The molecule has 3 rings (SSSR count). The third kappa shape index (κ3) is 2.94. The number of aromatic nitrogens is 2. The maximum absolute atomic E-state index is 5.16. The molecule has 0 atom stereocenters. The predicted molar refractivity (Wildman–Crippen MR) is 83.7 cm³/mol. The number of methoxy groups -OCH3 is 1. The zero-order valence-corrected chi connectivity index (χ0v) is 12.1. The fourth-order valence-corrected chi connectivity index (χ4v) is 2.23. The van der Waals surface area contributed by atoms with Crippen LogP contribution in [-0.4, -0.2) is 16.7 Å². The van der Waals surface area contributed by atoms with Crippen molar-refractivity contribution in [2.45, 2.75) is 13.0 Å². The highest BCUT2D eigenvalue weighted by Gasteiger charge is 2.01. The number of imidazole rings is 1. The van der Waals surface area contributed by atoms with Crippen molar-refractivity contribution in [2.24, 2.45) is 0 Å². The molecule has 3 aromatic rings. The molecule has 3 nitrogen and oxygen atoms in total. The van der Waals surface area contributed by atoms with Crippen molar-refractivity contribution >= 4 is 23.4 Å². The summed E-state index contributed by atoms with van der Waals surface area (Å²) in [7, 11) is 1.69. The lowest BCUT2D eigenvalue weighted by molar-refractivity contribution is 0.414. The molecule has 0 spiro atoms. The Morgan fingerprint density at radius 3 is 2.55 bits per heavy atom. The molecule has 20 heavy (non-hydrogen) atoms. The predicted octanol–water partition coefficient (Wildman–Crippen LogP) is 3.71. The molecule has 0 radical (unpaired) electrons. The van der Waals surface area contributed by atoms with Crippen molar-refractivity contribution in [3.63, 3.8) is 0 Å². The van der Waals surface area contributed by atoms with Crippen LogP contribution in [0.25, 0.3) is 11.0 Å². The normalized spacial score (nSPS) is 10.2. The number of ether oxygens (including phenoxy) is 1. The van der Waals surface area contributed by atoms with E-state index in [0.717, 1.165) is 24.2 Å². The fourth-order valence-electron chi connectivity index (χ4n) is 2.23. The molecule has 0 saturated carbocycles. The summed E-state index contributed by atoms with van der Waals surface area (Å²) in [5.41, 5.74) is 3.55. The van der Waals surface area contributed by atoms with Crippen LogP contribution >= 0.6 is 12.4 Å². The minimum atomic E-state index is 0. The van der Waals surface area contributed by atoms with Crippen molar-refractivity contribution in [2.75, 3.05) is 7.11 Å². The number of nitrogens with zero attached hydrogens (tertiary/aromatic N) is 2. The highest BCUT2D eigenvalue weighted by molar-refractivity contribution is 5.85. The van der Waals surface area contributed by atoms with E-state index in [4.69, 9.17) is 4.74 Å². The van der Waals surface area contributed by atoms with E-state index in [2.05, 4.69) is 27.8 Å². The molecule has 0 aliphatic rings. The molecule has 0 unspecified atom stereocenters. The highest BCUT2D eigenvalue weighted by atomic mass is 35.5. The molecule has 2 aromatic carbocycles. The first-order valence-corrected chi connectivity index (χ1v) is 6.39. The number of hydrogen-bond donors (Lipinski definition) is 0. The Bertz CT molecular complexity index is 676.